The van der Waals surface area contributed by atoms with Crippen LogP contribution < -0.4 is 0 Å². The summed E-state index contributed by atoms with van der Waals surface area (Å²) in [5.74, 6) is -1.52. The molecule has 0 saturated heterocycles. The van der Waals surface area contributed by atoms with Gasteiger partial charge in [0.2, 0.25) is 0 Å². The summed E-state index contributed by atoms with van der Waals surface area (Å²) in [6.07, 6.45) is 65.8. The van der Waals surface area contributed by atoms with Gasteiger partial charge in [-0.3, -0.25) is 23.4 Å². The summed E-state index contributed by atoms with van der Waals surface area (Å²) in [4.78, 5) is 48.6. The van der Waals surface area contributed by atoms with Crippen LogP contribution in [0, 0.1) is 0 Å². The van der Waals surface area contributed by atoms with Crippen LogP contribution in [0.15, 0.2) is 72.9 Å². The SMILES string of the molecule is CC/C=C\C/C=C\C/C=C\C/C=C\CCCCC(=O)OC(COC(=O)CCCCCCCCCCCCCCCCCCCCC)COP(=O)(O)OCC(CO)OC(=O)CCCCCCC/C=C\C/C=C\CCCCC. The zero-order valence-electron chi connectivity index (χ0n) is 48.7. The number of carbonyl (C=O) groups is 3. The van der Waals surface area contributed by atoms with Crippen molar-refractivity contribution in [3.8, 4) is 0 Å². The molecule has 0 aromatic rings. The first-order chi connectivity index (χ1) is 37.2. The smallest absolute Gasteiger partial charge is 0.462 e. The van der Waals surface area contributed by atoms with Crippen molar-refractivity contribution in [2.24, 2.45) is 0 Å². The Kier molecular flexibility index (Phi) is 55.7. The molecule has 0 saturated carbocycles. The highest BCUT2D eigenvalue weighted by atomic mass is 31.2. The van der Waals surface area contributed by atoms with Gasteiger partial charge in [0.1, 0.15) is 12.7 Å². The molecule has 11 nitrogen and oxygen atoms in total. The van der Waals surface area contributed by atoms with Crippen molar-refractivity contribution in [1.29, 1.82) is 0 Å². The van der Waals surface area contributed by atoms with Gasteiger partial charge in [0.25, 0.3) is 0 Å². The summed E-state index contributed by atoms with van der Waals surface area (Å²) in [5, 5.41) is 9.83. The number of phosphoric ester groups is 1. The quantitative estimate of drug-likeness (QED) is 0.0197. The Bertz CT molecular complexity index is 1550. The van der Waals surface area contributed by atoms with Crippen LogP contribution in [0.1, 0.15) is 278 Å². The Balaban J connectivity index is 4.73. The van der Waals surface area contributed by atoms with Crippen molar-refractivity contribution in [2.75, 3.05) is 26.4 Å². The van der Waals surface area contributed by atoms with Crippen molar-refractivity contribution in [2.45, 2.75) is 290 Å². The van der Waals surface area contributed by atoms with E-state index in [4.69, 9.17) is 23.3 Å². The van der Waals surface area contributed by atoms with Crippen LogP contribution in [0.2, 0.25) is 0 Å². The molecule has 3 atom stereocenters. The minimum absolute atomic E-state index is 0.114. The van der Waals surface area contributed by atoms with Crippen LogP contribution in [-0.4, -0.2) is 66.5 Å². The molecule has 0 bridgehead atoms. The van der Waals surface area contributed by atoms with E-state index in [-0.39, 0.29) is 25.9 Å². The predicted molar refractivity (Wildman–Crippen MR) is 316 cm³/mol. The lowest BCUT2D eigenvalue weighted by molar-refractivity contribution is -0.161. The van der Waals surface area contributed by atoms with Crippen molar-refractivity contribution >= 4 is 25.7 Å². The summed E-state index contributed by atoms with van der Waals surface area (Å²) in [7, 11) is -4.77. The van der Waals surface area contributed by atoms with Gasteiger partial charge < -0.3 is 24.2 Å². The van der Waals surface area contributed by atoms with Gasteiger partial charge in [-0.15, -0.1) is 0 Å². The van der Waals surface area contributed by atoms with Gasteiger partial charge in [-0.1, -0.05) is 241 Å². The average molecular weight is 1090 g/mol. The first-order valence-electron chi connectivity index (χ1n) is 30.8. The second-order valence-corrected chi connectivity index (χ2v) is 21.9. The van der Waals surface area contributed by atoms with E-state index < -0.39 is 57.8 Å². The van der Waals surface area contributed by atoms with Crippen molar-refractivity contribution in [3.63, 3.8) is 0 Å². The maximum absolute atomic E-state index is 12.9. The van der Waals surface area contributed by atoms with Gasteiger partial charge in [0.05, 0.1) is 19.8 Å². The van der Waals surface area contributed by atoms with E-state index in [9.17, 15) is 28.9 Å². The Morgan fingerprint density at radius 1 is 0.382 bits per heavy atom. The Labute approximate surface area is 465 Å². The van der Waals surface area contributed by atoms with Gasteiger partial charge in [-0.25, -0.2) is 4.57 Å². The lowest BCUT2D eigenvalue weighted by Gasteiger charge is -2.21. The number of hydrogen-bond acceptors (Lipinski definition) is 10. The van der Waals surface area contributed by atoms with Gasteiger partial charge in [0, 0.05) is 19.3 Å². The number of rotatable bonds is 57. The molecule has 0 fully saturated rings. The number of aliphatic hydroxyl groups is 1. The number of esters is 3. The third-order valence-corrected chi connectivity index (χ3v) is 14.1. The van der Waals surface area contributed by atoms with Crippen LogP contribution >= 0.6 is 7.82 Å². The van der Waals surface area contributed by atoms with Gasteiger partial charge in [-0.2, -0.15) is 0 Å². The zero-order chi connectivity index (χ0) is 55.5. The molecule has 0 aromatic heterocycles. The van der Waals surface area contributed by atoms with Crippen molar-refractivity contribution in [1.82, 2.24) is 0 Å². The number of allylic oxidation sites excluding steroid dienone is 12. The second-order valence-electron chi connectivity index (χ2n) is 20.5. The average Bonchev–Trinajstić information content (AvgIpc) is 3.41. The van der Waals surface area contributed by atoms with E-state index in [0.29, 0.717) is 19.3 Å². The monoisotopic (exact) mass is 1090 g/mol. The highest BCUT2D eigenvalue weighted by Crippen LogP contribution is 2.43. The fraction of sp³-hybridized carbons (Fsp3) is 0.766. The van der Waals surface area contributed by atoms with Crippen molar-refractivity contribution < 1.29 is 52.2 Å². The molecule has 0 rings (SSSR count). The van der Waals surface area contributed by atoms with E-state index >= 15 is 0 Å². The Hall–Kier alpha value is -3.08. The van der Waals surface area contributed by atoms with Gasteiger partial charge in [0.15, 0.2) is 6.10 Å². The minimum Gasteiger partial charge on any atom is -0.462 e. The third-order valence-electron chi connectivity index (χ3n) is 13.1. The van der Waals surface area contributed by atoms with Crippen LogP contribution in [0.4, 0.5) is 0 Å². The highest BCUT2D eigenvalue weighted by molar-refractivity contribution is 7.47. The molecule has 0 spiro atoms. The fourth-order valence-corrected chi connectivity index (χ4v) is 9.22. The van der Waals surface area contributed by atoms with Crippen LogP contribution in [-0.2, 0) is 42.2 Å². The normalized spacial score (nSPS) is 13.8. The molecule has 12 heteroatoms. The van der Waals surface area contributed by atoms with Crippen LogP contribution in [0.5, 0.6) is 0 Å². The molecular formula is C64H113O11P. The molecule has 0 aliphatic rings. The number of ether oxygens (including phenoxy) is 3. The number of hydrogen-bond donors (Lipinski definition) is 2. The Morgan fingerprint density at radius 3 is 1.11 bits per heavy atom. The first-order valence-corrected chi connectivity index (χ1v) is 32.3. The zero-order valence-corrected chi connectivity index (χ0v) is 49.6. The maximum atomic E-state index is 12.9. The molecule has 3 unspecified atom stereocenters. The lowest BCUT2D eigenvalue weighted by Crippen LogP contribution is -2.30. The Morgan fingerprint density at radius 2 is 0.684 bits per heavy atom. The molecule has 2 N–H and O–H groups in total. The number of carbonyl (C=O) groups excluding carboxylic acids is 3. The lowest BCUT2D eigenvalue weighted by atomic mass is 10.0. The van der Waals surface area contributed by atoms with Crippen LogP contribution in [0.3, 0.4) is 0 Å². The summed E-state index contributed by atoms with van der Waals surface area (Å²) >= 11 is 0. The predicted octanol–water partition coefficient (Wildman–Crippen LogP) is 18.5. The minimum atomic E-state index is -4.77. The van der Waals surface area contributed by atoms with E-state index in [2.05, 4.69) is 93.7 Å². The molecule has 0 aromatic carbocycles. The standard InChI is InChI=1S/C64H113O11P/c1-4-7-10-13-16-19-22-25-28-29-30-31-34-35-38-41-44-47-50-53-62(66)71-57-61(75-64(68)55-52-49-46-43-40-37-33-27-24-21-18-15-12-9-6-3)59-73-76(69,70)72-58-60(56-65)74-63(67)54-51-48-45-42-39-36-32-26-23-20-17-14-11-8-5-2/h9,12,17-18,20-21,26-27,32-33,40,43,60-61,65H,4-8,10-11,13-16,19,22-25,28-31,34-39,41-42,44-59H2,1-3H3,(H,69,70)/b12-9-,20-17-,21-18-,32-26-,33-27-,43-40-. The second kappa shape index (κ2) is 58.1. The first kappa shape index (κ1) is 72.9. The van der Waals surface area contributed by atoms with E-state index in [1.807, 2.05) is 0 Å². The molecular weight excluding hydrogens is 976 g/mol. The third kappa shape index (κ3) is 55.7. The number of unbranched alkanes of at least 4 members (excludes halogenated alkanes) is 28. The molecule has 0 radical (unpaired) electrons. The highest BCUT2D eigenvalue weighted by Gasteiger charge is 2.28. The molecule has 440 valence electrons. The number of phosphoric acid groups is 1. The van der Waals surface area contributed by atoms with E-state index in [0.717, 1.165) is 103 Å². The molecule has 0 aliphatic heterocycles. The summed E-state index contributed by atoms with van der Waals surface area (Å²) < 4.78 is 39.6. The van der Waals surface area contributed by atoms with Crippen LogP contribution in [0.25, 0.3) is 0 Å². The summed E-state index contributed by atoms with van der Waals surface area (Å²) in [5.41, 5.74) is 0. The van der Waals surface area contributed by atoms with Crippen molar-refractivity contribution in [3.05, 3.63) is 72.9 Å². The van der Waals surface area contributed by atoms with E-state index in [1.165, 1.54) is 116 Å². The molecule has 76 heavy (non-hydrogen) atoms. The van der Waals surface area contributed by atoms with E-state index in [1.54, 1.807) is 0 Å². The summed E-state index contributed by atoms with van der Waals surface area (Å²) in [6.45, 7) is 4.48. The topological polar surface area (TPSA) is 155 Å². The molecule has 0 aliphatic carbocycles. The largest absolute Gasteiger partial charge is 0.472 e. The summed E-state index contributed by atoms with van der Waals surface area (Å²) in [6, 6.07) is 0. The van der Waals surface area contributed by atoms with Gasteiger partial charge >= 0.3 is 25.7 Å². The molecule has 0 heterocycles. The fourth-order valence-electron chi connectivity index (χ4n) is 8.44. The maximum Gasteiger partial charge on any atom is 0.472 e. The number of aliphatic hydroxyl groups excluding tert-OH is 1. The van der Waals surface area contributed by atoms with Gasteiger partial charge in [-0.05, 0) is 89.9 Å². The molecule has 0 amide bonds.